The van der Waals surface area contributed by atoms with Crippen LogP contribution in [0.3, 0.4) is 0 Å². The van der Waals surface area contributed by atoms with Crippen molar-refractivity contribution in [2.24, 2.45) is 0 Å². The van der Waals surface area contributed by atoms with Crippen molar-refractivity contribution in [2.45, 2.75) is 30.8 Å². The Morgan fingerprint density at radius 2 is 1.69 bits per heavy atom. The van der Waals surface area contributed by atoms with Gasteiger partial charge in [0.1, 0.15) is 5.25 Å². The van der Waals surface area contributed by atoms with E-state index < -0.39 is 5.25 Å². The SMILES string of the molecule is CCn1c(SC(C(=O)Nc2ccc(C)cc2)c2ccccc2)nc2ccccc21. The molecule has 0 spiro atoms. The van der Waals surface area contributed by atoms with Gasteiger partial charge < -0.3 is 9.88 Å². The molecule has 29 heavy (non-hydrogen) atoms. The van der Waals surface area contributed by atoms with Crippen molar-refractivity contribution in [1.29, 1.82) is 0 Å². The van der Waals surface area contributed by atoms with Crippen LogP contribution in [0, 0.1) is 6.92 Å². The number of amides is 1. The molecule has 0 bridgehead atoms. The molecule has 5 heteroatoms. The predicted molar refractivity (Wildman–Crippen MR) is 120 cm³/mol. The Kier molecular flexibility index (Phi) is 5.67. The first-order chi connectivity index (χ1) is 14.2. The molecule has 4 aromatic rings. The van der Waals surface area contributed by atoms with Crippen LogP contribution in [0.25, 0.3) is 11.0 Å². The average Bonchev–Trinajstić information content (AvgIpc) is 3.11. The lowest BCUT2D eigenvalue weighted by atomic mass is 10.1. The van der Waals surface area contributed by atoms with E-state index in [-0.39, 0.29) is 5.91 Å². The summed E-state index contributed by atoms with van der Waals surface area (Å²) in [6.07, 6.45) is 0. The minimum atomic E-state index is -0.403. The highest BCUT2D eigenvalue weighted by Crippen LogP contribution is 2.37. The summed E-state index contributed by atoms with van der Waals surface area (Å²) in [7, 11) is 0. The Balaban J connectivity index is 1.68. The summed E-state index contributed by atoms with van der Waals surface area (Å²) in [5.41, 5.74) is 4.95. The third kappa shape index (κ3) is 4.20. The number of hydrogen-bond acceptors (Lipinski definition) is 3. The molecular formula is C24H23N3OS. The van der Waals surface area contributed by atoms with Gasteiger partial charge in [-0.2, -0.15) is 0 Å². The van der Waals surface area contributed by atoms with E-state index in [0.29, 0.717) is 0 Å². The summed E-state index contributed by atoms with van der Waals surface area (Å²) in [5, 5.41) is 3.51. The van der Waals surface area contributed by atoms with E-state index in [1.54, 1.807) is 0 Å². The first-order valence-electron chi connectivity index (χ1n) is 9.70. The summed E-state index contributed by atoms with van der Waals surface area (Å²) in [4.78, 5) is 18.0. The number of para-hydroxylation sites is 2. The number of hydrogen-bond donors (Lipinski definition) is 1. The van der Waals surface area contributed by atoms with Crippen LogP contribution in [0.15, 0.2) is 84.0 Å². The molecule has 0 aliphatic carbocycles. The fourth-order valence-electron chi connectivity index (χ4n) is 3.30. The fourth-order valence-corrected chi connectivity index (χ4v) is 4.48. The van der Waals surface area contributed by atoms with Crippen LogP contribution in [-0.2, 0) is 11.3 Å². The van der Waals surface area contributed by atoms with E-state index in [0.717, 1.165) is 39.5 Å². The van der Waals surface area contributed by atoms with Crippen LogP contribution in [-0.4, -0.2) is 15.5 Å². The highest BCUT2D eigenvalue weighted by molar-refractivity contribution is 8.00. The summed E-state index contributed by atoms with van der Waals surface area (Å²) in [5.74, 6) is -0.0558. The molecule has 1 amide bonds. The van der Waals surface area contributed by atoms with E-state index in [9.17, 15) is 4.79 Å². The fraction of sp³-hybridized carbons (Fsp3) is 0.167. The second kappa shape index (κ2) is 8.53. The lowest BCUT2D eigenvalue weighted by Gasteiger charge is -2.17. The molecule has 0 saturated heterocycles. The topological polar surface area (TPSA) is 46.9 Å². The van der Waals surface area contributed by atoms with Crippen LogP contribution >= 0.6 is 11.8 Å². The van der Waals surface area contributed by atoms with Crippen molar-refractivity contribution in [3.63, 3.8) is 0 Å². The highest BCUT2D eigenvalue weighted by atomic mass is 32.2. The monoisotopic (exact) mass is 401 g/mol. The first-order valence-corrected chi connectivity index (χ1v) is 10.6. The molecule has 1 heterocycles. The number of aryl methyl sites for hydroxylation is 2. The Bertz CT molecular complexity index is 1120. The zero-order valence-electron chi connectivity index (χ0n) is 16.5. The van der Waals surface area contributed by atoms with Crippen molar-refractivity contribution in [2.75, 3.05) is 5.32 Å². The average molecular weight is 402 g/mol. The number of imidazole rings is 1. The largest absolute Gasteiger partial charge is 0.325 e. The minimum Gasteiger partial charge on any atom is -0.325 e. The van der Waals surface area contributed by atoms with Crippen molar-refractivity contribution >= 4 is 34.4 Å². The zero-order chi connectivity index (χ0) is 20.2. The molecule has 1 atom stereocenters. The lowest BCUT2D eigenvalue weighted by molar-refractivity contribution is -0.115. The van der Waals surface area contributed by atoms with Crippen molar-refractivity contribution in [3.8, 4) is 0 Å². The van der Waals surface area contributed by atoms with Crippen molar-refractivity contribution in [1.82, 2.24) is 9.55 Å². The lowest BCUT2D eigenvalue weighted by Crippen LogP contribution is -2.19. The number of benzene rings is 3. The van der Waals surface area contributed by atoms with Gasteiger partial charge in [0.15, 0.2) is 5.16 Å². The number of thioether (sulfide) groups is 1. The standard InChI is InChI=1S/C24H23N3OS/c1-3-27-21-12-8-7-11-20(21)26-24(27)29-22(18-9-5-4-6-10-18)23(28)25-19-15-13-17(2)14-16-19/h4-16,22H,3H2,1-2H3,(H,25,28). The highest BCUT2D eigenvalue weighted by Gasteiger charge is 2.25. The van der Waals surface area contributed by atoms with Crippen LogP contribution in [0.5, 0.6) is 0 Å². The van der Waals surface area contributed by atoms with E-state index in [1.165, 1.54) is 11.8 Å². The van der Waals surface area contributed by atoms with Gasteiger partial charge in [0.05, 0.1) is 11.0 Å². The maximum Gasteiger partial charge on any atom is 0.242 e. The normalized spacial score (nSPS) is 12.1. The van der Waals surface area contributed by atoms with Gasteiger partial charge in [-0.3, -0.25) is 4.79 Å². The van der Waals surface area contributed by atoms with Gasteiger partial charge in [-0.25, -0.2) is 4.98 Å². The number of aromatic nitrogens is 2. The Labute approximate surface area is 175 Å². The number of nitrogens with one attached hydrogen (secondary N) is 1. The Morgan fingerprint density at radius 3 is 2.41 bits per heavy atom. The molecule has 0 aliphatic rings. The van der Waals surface area contributed by atoms with E-state index in [4.69, 9.17) is 4.98 Å². The van der Waals surface area contributed by atoms with Crippen LogP contribution < -0.4 is 5.32 Å². The van der Waals surface area contributed by atoms with Gasteiger partial charge in [0, 0.05) is 12.2 Å². The number of nitrogens with zero attached hydrogens (tertiary/aromatic N) is 2. The molecule has 146 valence electrons. The van der Waals surface area contributed by atoms with Gasteiger partial charge in [0.2, 0.25) is 5.91 Å². The smallest absolute Gasteiger partial charge is 0.242 e. The predicted octanol–water partition coefficient (Wildman–Crippen LogP) is 5.84. The number of anilines is 1. The van der Waals surface area contributed by atoms with Crippen LogP contribution in [0.4, 0.5) is 5.69 Å². The second-order valence-electron chi connectivity index (χ2n) is 6.89. The number of carbonyl (C=O) groups excluding carboxylic acids is 1. The summed E-state index contributed by atoms with van der Waals surface area (Å²) in [6.45, 7) is 4.93. The number of fused-ring (bicyclic) bond motifs is 1. The summed E-state index contributed by atoms with van der Waals surface area (Å²) < 4.78 is 2.16. The number of rotatable bonds is 6. The second-order valence-corrected chi connectivity index (χ2v) is 7.96. The maximum atomic E-state index is 13.2. The first kappa shape index (κ1) is 19.3. The van der Waals surface area contributed by atoms with Gasteiger partial charge in [0.25, 0.3) is 0 Å². The molecule has 1 unspecified atom stereocenters. The number of carbonyl (C=O) groups is 1. The van der Waals surface area contributed by atoms with Gasteiger partial charge in [-0.15, -0.1) is 0 Å². The zero-order valence-corrected chi connectivity index (χ0v) is 17.3. The molecule has 4 rings (SSSR count). The summed E-state index contributed by atoms with van der Waals surface area (Å²) >= 11 is 1.49. The van der Waals surface area contributed by atoms with Crippen molar-refractivity contribution in [3.05, 3.63) is 90.0 Å². The van der Waals surface area contributed by atoms with Gasteiger partial charge in [-0.1, -0.05) is 71.9 Å². The minimum absolute atomic E-state index is 0.0558. The molecule has 1 N–H and O–H groups in total. The third-order valence-electron chi connectivity index (χ3n) is 4.82. The van der Waals surface area contributed by atoms with Gasteiger partial charge in [-0.05, 0) is 43.7 Å². The molecule has 0 saturated carbocycles. The van der Waals surface area contributed by atoms with Gasteiger partial charge >= 0.3 is 0 Å². The molecular weight excluding hydrogens is 378 g/mol. The van der Waals surface area contributed by atoms with Crippen LogP contribution in [0.1, 0.15) is 23.3 Å². The molecule has 0 aliphatic heterocycles. The molecule has 0 radical (unpaired) electrons. The molecule has 4 nitrogen and oxygen atoms in total. The Morgan fingerprint density at radius 1 is 1.00 bits per heavy atom. The van der Waals surface area contributed by atoms with E-state index in [2.05, 4.69) is 22.9 Å². The third-order valence-corrected chi connectivity index (χ3v) is 6.06. The van der Waals surface area contributed by atoms with Crippen LogP contribution in [0.2, 0.25) is 0 Å². The van der Waals surface area contributed by atoms with E-state index in [1.807, 2.05) is 79.7 Å². The molecule has 3 aromatic carbocycles. The maximum absolute atomic E-state index is 13.2. The Hall–Kier alpha value is -3.05. The molecule has 0 fully saturated rings. The molecule has 1 aromatic heterocycles. The van der Waals surface area contributed by atoms with E-state index >= 15 is 0 Å². The van der Waals surface area contributed by atoms with Crippen molar-refractivity contribution < 1.29 is 4.79 Å². The summed E-state index contributed by atoms with van der Waals surface area (Å²) in [6, 6.07) is 25.8. The quantitative estimate of drug-likeness (QED) is 0.413.